The maximum Gasteiger partial charge on any atom is 0.278 e. The highest BCUT2D eigenvalue weighted by Gasteiger charge is 2.20. The minimum Gasteiger partial charge on any atom is -0.324 e. The minimum absolute atomic E-state index is 0.0997. The van der Waals surface area contributed by atoms with Crippen molar-refractivity contribution in [1.29, 1.82) is 0 Å². The van der Waals surface area contributed by atoms with Crippen molar-refractivity contribution >= 4 is 22.7 Å². The van der Waals surface area contributed by atoms with Gasteiger partial charge >= 0.3 is 0 Å². The zero-order valence-corrected chi connectivity index (χ0v) is 19.9. The van der Waals surface area contributed by atoms with Crippen LogP contribution in [0.5, 0.6) is 0 Å². The van der Waals surface area contributed by atoms with Gasteiger partial charge in [-0.1, -0.05) is 38.1 Å². The van der Waals surface area contributed by atoms with Gasteiger partial charge in [-0.3, -0.25) is 4.79 Å². The summed E-state index contributed by atoms with van der Waals surface area (Å²) < 4.78 is 3.59. The number of nitrogens with zero attached hydrogens (tertiary/aromatic N) is 4. The van der Waals surface area contributed by atoms with Gasteiger partial charge in [0.25, 0.3) is 5.56 Å². The third-order valence-electron chi connectivity index (χ3n) is 6.67. The zero-order chi connectivity index (χ0) is 23.9. The second kappa shape index (κ2) is 8.57. The van der Waals surface area contributed by atoms with Crippen LogP contribution in [0.4, 0.5) is 11.6 Å². The molecule has 0 bridgehead atoms. The first-order valence-electron chi connectivity index (χ1n) is 11.7. The number of benzene rings is 2. The molecule has 2 aromatic heterocycles. The van der Waals surface area contributed by atoms with Crippen LogP contribution in [0.2, 0.25) is 0 Å². The molecule has 0 atom stereocenters. The lowest BCUT2D eigenvalue weighted by Gasteiger charge is -2.22. The van der Waals surface area contributed by atoms with Crippen molar-refractivity contribution < 1.29 is 0 Å². The predicted octanol–water partition coefficient (Wildman–Crippen LogP) is 4.46. The Morgan fingerprint density at radius 3 is 2.85 bits per heavy atom. The molecule has 174 valence electrons. The van der Waals surface area contributed by atoms with Gasteiger partial charge in [-0.05, 0) is 60.8 Å². The molecule has 0 spiro atoms. The van der Waals surface area contributed by atoms with Gasteiger partial charge in [0.1, 0.15) is 5.39 Å². The summed E-state index contributed by atoms with van der Waals surface area (Å²) in [7, 11) is 0. The van der Waals surface area contributed by atoms with Gasteiger partial charge in [-0.15, -0.1) is 6.58 Å². The van der Waals surface area contributed by atoms with Crippen LogP contribution < -0.4 is 16.2 Å². The average Bonchev–Trinajstić information content (AvgIpc) is 3.14. The van der Waals surface area contributed by atoms with Crippen LogP contribution in [0.25, 0.3) is 16.7 Å². The Balaban J connectivity index is 1.60. The Hall–Kier alpha value is -3.71. The molecule has 0 fully saturated rings. The van der Waals surface area contributed by atoms with E-state index in [1.165, 1.54) is 11.1 Å². The molecular weight excluding hydrogens is 424 g/mol. The van der Waals surface area contributed by atoms with Crippen molar-refractivity contribution in [2.24, 2.45) is 0 Å². The summed E-state index contributed by atoms with van der Waals surface area (Å²) in [6.07, 6.45) is 4.59. The van der Waals surface area contributed by atoms with Crippen molar-refractivity contribution in [3.8, 4) is 5.69 Å². The highest BCUT2D eigenvalue weighted by Crippen LogP contribution is 2.27. The van der Waals surface area contributed by atoms with E-state index in [0.717, 1.165) is 36.4 Å². The number of rotatable bonds is 6. The highest BCUT2D eigenvalue weighted by atomic mass is 16.1. The Labute approximate surface area is 199 Å². The van der Waals surface area contributed by atoms with E-state index in [4.69, 9.17) is 4.98 Å². The number of hydrogen-bond acceptors (Lipinski definition) is 5. The van der Waals surface area contributed by atoms with E-state index in [0.29, 0.717) is 23.5 Å². The summed E-state index contributed by atoms with van der Waals surface area (Å²) in [5.41, 5.74) is 5.87. The van der Waals surface area contributed by atoms with E-state index < -0.39 is 0 Å². The second-order valence-corrected chi connectivity index (χ2v) is 9.28. The number of hydrogen-bond donors (Lipinski definition) is 2. The Morgan fingerprint density at radius 2 is 2.06 bits per heavy atom. The standard InChI is InChI=1S/C27H30N6O/c1-5-27(3,4)20-8-7-9-22(15-20)33-24-23(25(34)32(33)6-2)17-29-26(31-24)30-21-11-10-18-12-13-28-16-19(18)14-21/h5,7-11,14-15,17,28H,1,6,12-13,16H2,2-4H3,(H,29,30,31). The van der Waals surface area contributed by atoms with Crippen LogP contribution in [0.1, 0.15) is 37.5 Å². The van der Waals surface area contributed by atoms with Crippen molar-refractivity contribution in [1.82, 2.24) is 24.6 Å². The monoisotopic (exact) mass is 454 g/mol. The fourth-order valence-corrected chi connectivity index (χ4v) is 4.48. The normalized spacial score (nSPS) is 13.6. The fraction of sp³-hybridized carbons (Fsp3) is 0.296. The summed E-state index contributed by atoms with van der Waals surface area (Å²) in [6.45, 7) is 12.6. The lowest BCUT2D eigenvalue weighted by molar-refractivity contribution is 0.573. The molecule has 3 heterocycles. The van der Waals surface area contributed by atoms with Crippen LogP contribution in [0, 0.1) is 0 Å². The molecular formula is C27H30N6O. The van der Waals surface area contributed by atoms with Gasteiger partial charge < -0.3 is 10.6 Å². The SMILES string of the molecule is C=CC(C)(C)c1cccc(-n2c3nc(Nc4ccc5c(c4)CNCC5)ncc3c(=O)n2CC)c1. The summed E-state index contributed by atoms with van der Waals surface area (Å²) >= 11 is 0. The van der Waals surface area contributed by atoms with E-state index in [9.17, 15) is 4.79 Å². The number of allylic oxidation sites excluding steroid dienone is 1. The summed E-state index contributed by atoms with van der Waals surface area (Å²) in [5.74, 6) is 0.459. The van der Waals surface area contributed by atoms with E-state index >= 15 is 0 Å². The maximum atomic E-state index is 13.1. The lowest BCUT2D eigenvalue weighted by Crippen LogP contribution is -2.23. The predicted molar refractivity (Wildman–Crippen MR) is 137 cm³/mol. The molecule has 1 aliphatic rings. The van der Waals surface area contributed by atoms with E-state index in [1.807, 2.05) is 29.8 Å². The van der Waals surface area contributed by atoms with Crippen LogP contribution in [0.15, 0.2) is 66.1 Å². The van der Waals surface area contributed by atoms with Crippen LogP contribution in [-0.2, 0) is 24.9 Å². The first kappa shape index (κ1) is 22.1. The minimum atomic E-state index is -0.195. The molecule has 7 nitrogen and oxygen atoms in total. The largest absolute Gasteiger partial charge is 0.324 e. The number of anilines is 2. The summed E-state index contributed by atoms with van der Waals surface area (Å²) in [4.78, 5) is 22.4. The van der Waals surface area contributed by atoms with Gasteiger partial charge in [-0.2, -0.15) is 4.98 Å². The molecule has 0 saturated heterocycles. The van der Waals surface area contributed by atoms with Gasteiger partial charge in [0.15, 0.2) is 5.65 Å². The molecule has 7 heteroatoms. The van der Waals surface area contributed by atoms with Crippen molar-refractivity contribution in [3.63, 3.8) is 0 Å². The van der Waals surface area contributed by atoms with Gasteiger partial charge in [-0.25, -0.2) is 14.3 Å². The number of aromatic nitrogens is 4. The molecule has 0 amide bonds. The number of nitrogens with one attached hydrogen (secondary N) is 2. The smallest absolute Gasteiger partial charge is 0.278 e. The molecule has 5 rings (SSSR count). The molecule has 2 aromatic carbocycles. The summed E-state index contributed by atoms with van der Waals surface area (Å²) in [6, 6.07) is 14.5. The molecule has 1 aliphatic heterocycles. The first-order chi connectivity index (χ1) is 16.4. The van der Waals surface area contributed by atoms with Gasteiger partial charge in [0.2, 0.25) is 5.95 Å². The molecule has 0 unspecified atom stereocenters. The molecule has 2 N–H and O–H groups in total. The van der Waals surface area contributed by atoms with Gasteiger partial charge in [0, 0.05) is 30.4 Å². The highest BCUT2D eigenvalue weighted by molar-refractivity contribution is 5.77. The van der Waals surface area contributed by atoms with Crippen LogP contribution >= 0.6 is 0 Å². The molecule has 0 aliphatic carbocycles. The second-order valence-electron chi connectivity index (χ2n) is 9.28. The third kappa shape index (κ3) is 3.82. The lowest BCUT2D eigenvalue weighted by atomic mass is 9.85. The van der Waals surface area contributed by atoms with E-state index in [1.54, 1.807) is 10.9 Å². The molecule has 34 heavy (non-hydrogen) atoms. The Morgan fingerprint density at radius 1 is 1.21 bits per heavy atom. The van der Waals surface area contributed by atoms with Crippen LogP contribution in [0.3, 0.4) is 0 Å². The number of fused-ring (bicyclic) bond motifs is 2. The Bertz CT molecular complexity index is 1450. The van der Waals surface area contributed by atoms with Crippen LogP contribution in [-0.4, -0.2) is 25.9 Å². The maximum absolute atomic E-state index is 13.1. The van der Waals surface area contributed by atoms with E-state index in [2.05, 4.69) is 66.4 Å². The first-order valence-corrected chi connectivity index (χ1v) is 11.7. The average molecular weight is 455 g/mol. The Kier molecular flexibility index (Phi) is 5.57. The zero-order valence-electron chi connectivity index (χ0n) is 19.9. The summed E-state index contributed by atoms with van der Waals surface area (Å²) in [5, 5.41) is 7.23. The molecule has 0 radical (unpaired) electrons. The van der Waals surface area contributed by atoms with Gasteiger partial charge in [0.05, 0.1) is 5.69 Å². The fourth-order valence-electron chi connectivity index (χ4n) is 4.48. The molecule has 4 aromatic rings. The quantitative estimate of drug-likeness (QED) is 0.421. The van der Waals surface area contributed by atoms with Crippen molar-refractivity contribution in [3.05, 3.63) is 88.4 Å². The van der Waals surface area contributed by atoms with Crippen molar-refractivity contribution in [2.45, 2.75) is 45.7 Å². The molecule has 0 saturated carbocycles. The van der Waals surface area contributed by atoms with Crippen molar-refractivity contribution in [2.75, 3.05) is 11.9 Å². The third-order valence-corrected chi connectivity index (χ3v) is 6.67. The topological polar surface area (TPSA) is 76.8 Å². The van der Waals surface area contributed by atoms with E-state index in [-0.39, 0.29) is 11.0 Å².